The summed E-state index contributed by atoms with van der Waals surface area (Å²) in [6.07, 6.45) is 1.85. The van der Waals surface area contributed by atoms with Gasteiger partial charge in [0, 0.05) is 29.3 Å². The Bertz CT molecular complexity index is 523. The van der Waals surface area contributed by atoms with E-state index in [1.54, 1.807) is 0 Å². The fourth-order valence-corrected chi connectivity index (χ4v) is 1.93. The van der Waals surface area contributed by atoms with Gasteiger partial charge in [0.2, 0.25) is 5.88 Å². The Morgan fingerprint density at radius 1 is 1.10 bits per heavy atom. The summed E-state index contributed by atoms with van der Waals surface area (Å²) in [6, 6.07) is 12.5. The van der Waals surface area contributed by atoms with Crippen LogP contribution in [0.15, 0.2) is 47.1 Å². The van der Waals surface area contributed by atoms with Crippen molar-refractivity contribution in [2.24, 2.45) is 0 Å². The zero-order valence-electron chi connectivity index (χ0n) is 11.8. The van der Waals surface area contributed by atoms with Crippen LogP contribution in [0.3, 0.4) is 0 Å². The van der Waals surface area contributed by atoms with E-state index in [4.69, 9.17) is 4.74 Å². The van der Waals surface area contributed by atoms with Gasteiger partial charge >= 0.3 is 0 Å². The molecule has 0 aliphatic heterocycles. The minimum Gasteiger partial charge on any atom is -0.473 e. The highest BCUT2D eigenvalue weighted by Gasteiger charge is 1.99. The molecule has 1 heterocycles. The van der Waals surface area contributed by atoms with Gasteiger partial charge < -0.3 is 10.1 Å². The summed E-state index contributed by atoms with van der Waals surface area (Å²) in [4.78, 5) is 4.32. The number of pyridine rings is 1. The zero-order valence-corrected chi connectivity index (χ0v) is 13.4. The van der Waals surface area contributed by atoms with Gasteiger partial charge in [-0.25, -0.2) is 4.98 Å². The Hall–Kier alpha value is -1.39. The minimum absolute atomic E-state index is 0.475. The molecule has 0 aliphatic carbocycles. The maximum Gasteiger partial charge on any atom is 0.213 e. The van der Waals surface area contributed by atoms with Crippen molar-refractivity contribution in [1.29, 1.82) is 0 Å². The highest BCUT2D eigenvalue weighted by Crippen LogP contribution is 2.13. The van der Waals surface area contributed by atoms with Crippen LogP contribution in [0, 0.1) is 0 Å². The molecule has 0 spiro atoms. The van der Waals surface area contributed by atoms with Gasteiger partial charge in [-0.3, -0.25) is 0 Å². The van der Waals surface area contributed by atoms with Crippen LogP contribution in [0.1, 0.15) is 25.0 Å². The number of aromatic nitrogens is 1. The first-order valence-electron chi connectivity index (χ1n) is 6.69. The molecule has 0 saturated heterocycles. The molecule has 106 valence electrons. The molecule has 1 N–H and O–H groups in total. The van der Waals surface area contributed by atoms with Crippen LogP contribution in [-0.2, 0) is 13.2 Å². The number of halogens is 1. The predicted molar refractivity (Wildman–Crippen MR) is 84.7 cm³/mol. The van der Waals surface area contributed by atoms with Crippen LogP contribution in [0.25, 0.3) is 0 Å². The zero-order chi connectivity index (χ0) is 14.4. The Balaban J connectivity index is 1.85. The van der Waals surface area contributed by atoms with Gasteiger partial charge in [-0.2, -0.15) is 0 Å². The number of benzene rings is 1. The number of rotatable bonds is 6. The highest BCUT2D eigenvalue weighted by molar-refractivity contribution is 9.10. The molecule has 3 nitrogen and oxygen atoms in total. The second-order valence-corrected chi connectivity index (χ2v) is 5.87. The van der Waals surface area contributed by atoms with Gasteiger partial charge in [-0.05, 0) is 23.3 Å². The summed E-state index contributed by atoms with van der Waals surface area (Å²) >= 11 is 3.42. The lowest BCUT2D eigenvalue weighted by molar-refractivity contribution is 0.293. The molecule has 0 aliphatic rings. The fourth-order valence-electron chi connectivity index (χ4n) is 1.66. The average Bonchev–Trinajstić information content (AvgIpc) is 2.45. The molecule has 2 rings (SSSR count). The second kappa shape index (κ2) is 7.41. The molecule has 0 atom stereocenters. The standard InChI is InChI=1S/C16H19BrN2O/c1-12(2)18-9-14-5-8-16(19-10-14)20-11-13-3-6-15(17)7-4-13/h3-8,10,12,18H,9,11H2,1-2H3. The SMILES string of the molecule is CC(C)NCc1ccc(OCc2ccc(Br)cc2)nc1. The lowest BCUT2D eigenvalue weighted by Gasteiger charge is -2.09. The molecule has 20 heavy (non-hydrogen) atoms. The van der Waals surface area contributed by atoms with Crippen LogP contribution in [0.4, 0.5) is 0 Å². The molecule has 0 unspecified atom stereocenters. The third kappa shape index (κ3) is 4.94. The van der Waals surface area contributed by atoms with Gasteiger partial charge in [0.25, 0.3) is 0 Å². The Kier molecular flexibility index (Phi) is 5.56. The summed E-state index contributed by atoms with van der Waals surface area (Å²) in [6.45, 7) is 5.62. The second-order valence-electron chi connectivity index (χ2n) is 4.96. The number of nitrogens with zero attached hydrogens (tertiary/aromatic N) is 1. The molecule has 0 bridgehead atoms. The smallest absolute Gasteiger partial charge is 0.213 e. The van der Waals surface area contributed by atoms with Crippen LogP contribution >= 0.6 is 15.9 Å². The minimum atomic E-state index is 0.475. The van der Waals surface area contributed by atoms with E-state index in [0.717, 1.165) is 22.1 Å². The first kappa shape index (κ1) is 15.0. The topological polar surface area (TPSA) is 34.1 Å². The largest absolute Gasteiger partial charge is 0.473 e. The van der Waals surface area contributed by atoms with Crippen LogP contribution < -0.4 is 10.1 Å². The van der Waals surface area contributed by atoms with Gasteiger partial charge in [0.05, 0.1) is 0 Å². The summed E-state index contributed by atoms with van der Waals surface area (Å²) in [5, 5.41) is 3.36. The highest BCUT2D eigenvalue weighted by atomic mass is 79.9. The quantitative estimate of drug-likeness (QED) is 0.869. The number of nitrogens with one attached hydrogen (secondary N) is 1. The van der Waals surface area contributed by atoms with Gasteiger partial charge in [0.1, 0.15) is 6.61 Å². The van der Waals surface area contributed by atoms with Gasteiger partial charge in [-0.1, -0.05) is 48.0 Å². The van der Waals surface area contributed by atoms with Gasteiger partial charge in [-0.15, -0.1) is 0 Å². The maximum absolute atomic E-state index is 5.67. The molecule has 0 fully saturated rings. The molecule has 1 aromatic heterocycles. The number of hydrogen-bond donors (Lipinski definition) is 1. The molecule has 0 saturated carbocycles. The maximum atomic E-state index is 5.67. The number of hydrogen-bond acceptors (Lipinski definition) is 3. The summed E-state index contributed by atoms with van der Waals surface area (Å²) < 4.78 is 6.74. The molecule has 0 radical (unpaired) electrons. The van der Waals surface area contributed by atoms with E-state index in [9.17, 15) is 0 Å². The molecular weight excluding hydrogens is 316 g/mol. The summed E-state index contributed by atoms with van der Waals surface area (Å²) in [7, 11) is 0. The van der Waals surface area contributed by atoms with Crippen molar-refractivity contribution in [1.82, 2.24) is 10.3 Å². The third-order valence-electron chi connectivity index (χ3n) is 2.81. The van der Waals surface area contributed by atoms with Crippen LogP contribution in [-0.4, -0.2) is 11.0 Å². The van der Waals surface area contributed by atoms with E-state index < -0.39 is 0 Å². The fraction of sp³-hybridized carbons (Fsp3) is 0.312. The summed E-state index contributed by atoms with van der Waals surface area (Å²) in [5.41, 5.74) is 2.29. The molecule has 0 amide bonds. The van der Waals surface area contributed by atoms with E-state index in [1.165, 1.54) is 0 Å². The molecule has 4 heteroatoms. The first-order chi connectivity index (χ1) is 9.63. The van der Waals surface area contributed by atoms with Gasteiger partial charge in [0.15, 0.2) is 0 Å². The molecule has 1 aromatic carbocycles. The Morgan fingerprint density at radius 3 is 2.40 bits per heavy atom. The molecule has 2 aromatic rings. The third-order valence-corrected chi connectivity index (χ3v) is 3.34. The number of ether oxygens (including phenoxy) is 1. The van der Waals surface area contributed by atoms with Crippen molar-refractivity contribution in [2.45, 2.75) is 33.0 Å². The van der Waals surface area contributed by atoms with Crippen molar-refractivity contribution in [3.8, 4) is 5.88 Å². The van der Waals surface area contributed by atoms with E-state index in [1.807, 2.05) is 42.6 Å². The monoisotopic (exact) mass is 334 g/mol. The van der Waals surface area contributed by atoms with E-state index in [-0.39, 0.29) is 0 Å². The van der Waals surface area contributed by atoms with Crippen LogP contribution in [0.5, 0.6) is 5.88 Å². The first-order valence-corrected chi connectivity index (χ1v) is 7.48. The van der Waals surface area contributed by atoms with Crippen molar-refractivity contribution in [3.63, 3.8) is 0 Å². The van der Waals surface area contributed by atoms with Crippen LogP contribution in [0.2, 0.25) is 0 Å². The molecular formula is C16H19BrN2O. The summed E-state index contributed by atoms with van der Waals surface area (Å²) in [5.74, 6) is 0.654. The Labute approximate surface area is 128 Å². The normalized spacial score (nSPS) is 10.8. The van der Waals surface area contributed by atoms with Crippen molar-refractivity contribution in [3.05, 3.63) is 58.2 Å². The van der Waals surface area contributed by atoms with Crippen molar-refractivity contribution in [2.75, 3.05) is 0 Å². The lowest BCUT2D eigenvalue weighted by Crippen LogP contribution is -2.21. The average molecular weight is 335 g/mol. The predicted octanol–water partition coefficient (Wildman–Crippen LogP) is 3.92. The van der Waals surface area contributed by atoms with Crippen molar-refractivity contribution >= 4 is 15.9 Å². The van der Waals surface area contributed by atoms with E-state index >= 15 is 0 Å². The Morgan fingerprint density at radius 2 is 1.80 bits per heavy atom. The van der Waals surface area contributed by atoms with E-state index in [0.29, 0.717) is 18.5 Å². The van der Waals surface area contributed by atoms with E-state index in [2.05, 4.69) is 40.1 Å². The lowest BCUT2D eigenvalue weighted by atomic mass is 10.2. The van der Waals surface area contributed by atoms with Crippen molar-refractivity contribution < 1.29 is 4.74 Å².